The molecule has 0 aliphatic carbocycles. The molecular weight excluding hydrogens is 518 g/mol. The van der Waals surface area contributed by atoms with Gasteiger partial charge in [0.2, 0.25) is 10.0 Å². The topological polar surface area (TPSA) is 134 Å². The predicted octanol–water partition coefficient (Wildman–Crippen LogP) is 2.11. The maximum atomic E-state index is 12.4. The molecule has 0 radical (unpaired) electrons. The van der Waals surface area contributed by atoms with Gasteiger partial charge in [0.1, 0.15) is 6.54 Å². The Labute approximate surface area is 199 Å². The zero-order valence-corrected chi connectivity index (χ0v) is 20.1. The van der Waals surface area contributed by atoms with Crippen LogP contribution in [0.2, 0.25) is 0 Å². The number of hydrogen-bond donors (Lipinski definition) is 1. The van der Waals surface area contributed by atoms with Gasteiger partial charge in [-0.2, -0.15) is 5.10 Å². The van der Waals surface area contributed by atoms with E-state index >= 15 is 0 Å². The number of nitro benzene ring substituents is 1. The second kappa shape index (κ2) is 10.7. The number of rotatable bonds is 8. The van der Waals surface area contributed by atoms with Crippen molar-refractivity contribution in [1.29, 1.82) is 0 Å². The van der Waals surface area contributed by atoms with Crippen molar-refractivity contribution in [3.63, 3.8) is 0 Å². The van der Waals surface area contributed by atoms with Crippen molar-refractivity contribution < 1.29 is 22.9 Å². The lowest BCUT2D eigenvalue weighted by molar-refractivity contribution is -0.384. The van der Waals surface area contributed by atoms with E-state index in [1.54, 1.807) is 30.3 Å². The Balaban J connectivity index is 1.76. The summed E-state index contributed by atoms with van der Waals surface area (Å²) in [6.07, 6.45) is 2.31. The molecule has 2 aromatic carbocycles. The Morgan fingerprint density at radius 2 is 1.94 bits per heavy atom. The van der Waals surface area contributed by atoms with Gasteiger partial charge in [0, 0.05) is 40.9 Å². The highest BCUT2D eigenvalue weighted by atomic mass is 79.9. The van der Waals surface area contributed by atoms with Gasteiger partial charge in [0.05, 0.1) is 36.3 Å². The maximum absolute atomic E-state index is 12.4. The second-order valence-electron chi connectivity index (χ2n) is 7.14. The minimum absolute atomic E-state index is 0.113. The number of hydrazone groups is 1. The van der Waals surface area contributed by atoms with Gasteiger partial charge in [0.15, 0.2) is 0 Å². The molecule has 3 rings (SSSR count). The van der Waals surface area contributed by atoms with Gasteiger partial charge < -0.3 is 9.64 Å². The first kappa shape index (κ1) is 24.6. The van der Waals surface area contributed by atoms with Crippen molar-refractivity contribution in [1.82, 2.24) is 5.43 Å². The zero-order chi connectivity index (χ0) is 24.0. The average Bonchev–Trinajstić information content (AvgIpc) is 2.78. The van der Waals surface area contributed by atoms with E-state index in [1.807, 2.05) is 4.90 Å². The molecule has 11 nitrogen and oxygen atoms in total. The van der Waals surface area contributed by atoms with Crippen molar-refractivity contribution in [2.75, 3.05) is 48.3 Å². The van der Waals surface area contributed by atoms with Gasteiger partial charge in [0.25, 0.3) is 11.6 Å². The number of nitrogens with zero attached hydrogens (tertiary/aromatic N) is 4. The molecule has 0 bridgehead atoms. The fourth-order valence-corrected chi connectivity index (χ4v) is 4.32. The predicted molar refractivity (Wildman–Crippen MR) is 128 cm³/mol. The summed E-state index contributed by atoms with van der Waals surface area (Å²) in [6.45, 7) is 1.80. The lowest BCUT2D eigenvalue weighted by atomic mass is 10.1. The number of carbonyl (C=O) groups excluding carboxylic acids is 1. The Morgan fingerprint density at radius 3 is 2.55 bits per heavy atom. The fourth-order valence-electron chi connectivity index (χ4n) is 3.20. The smallest absolute Gasteiger partial charge is 0.270 e. The van der Waals surface area contributed by atoms with E-state index in [-0.39, 0.29) is 5.69 Å². The van der Waals surface area contributed by atoms with E-state index in [0.29, 0.717) is 37.6 Å². The molecule has 0 unspecified atom stereocenters. The molecule has 1 heterocycles. The summed E-state index contributed by atoms with van der Waals surface area (Å²) in [6, 6.07) is 10.9. The van der Waals surface area contributed by atoms with E-state index in [1.165, 1.54) is 18.3 Å². The molecule has 33 heavy (non-hydrogen) atoms. The average molecular weight is 540 g/mol. The first-order valence-corrected chi connectivity index (χ1v) is 12.5. The largest absolute Gasteiger partial charge is 0.378 e. The zero-order valence-electron chi connectivity index (χ0n) is 17.7. The summed E-state index contributed by atoms with van der Waals surface area (Å²) in [5.41, 5.74) is 3.67. The van der Waals surface area contributed by atoms with Gasteiger partial charge in [-0.1, -0.05) is 15.9 Å². The third-order valence-electron chi connectivity index (χ3n) is 4.77. The Bertz CT molecular complexity index is 1150. The van der Waals surface area contributed by atoms with E-state index in [0.717, 1.165) is 20.7 Å². The summed E-state index contributed by atoms with van der Waals surface area (Å²) in [5.74, 6) is -0.669. The normalized spacial score (nSPS) is 14.3. The summed E-state index contributed by atoms with van der Waals surface area (Å²) in [5, 5.41) is 15.1. The quantitative estimate of drug-likeness (QED) is 0.308. The van der Waals surface area contributed by atoms with Gasteiger partial charge >= 0.3 is 0 Å². The number of carbonyl (C=O) groups is 1. The minimum atomic E-state index is -3.73. The molecule has 1 fully saturated rings. The molecule has 1 N–H and O–H groups in total. The Kier molecular flexibility index (Phi) is 8.00. The van der Waals surface area contributed by atoms with Gasteiger partial charge in [-0.15, -0.1) is 0 Å². The SMILES string of the molecule is CS(=O)(=O)N(CC(=O)N/N=C\c1cc([N+](=O)[O-])ccc1N1CCOCC1)c1ccc(Br)cc1. The van der Waals surface area contributed by atoms with E-state index < -0.39 is 27.4 Å². The highest BCUT2D eigenvalue weighted by molar-refractivity contribution is 9.10. The molecule has 0 spiro atoms. The third-order valence-corrected chi connectivity index (χ3v) is 6.44. The van der Waals surface area contributed by atoms with Crippen LogP contribution < -0.4 is 14.6 Å². The van der Waals surface area contributed by atoms with Crippen LogP contribution in [0.25, 0.3) is 0 Å². The number of ether oxygens (including phenoxy) is 1. The molecule has 1 aliphatic heterocycles. The Hall–Kier alpha value is -3.03. The van der Waals surface area contributed by atoms with E-state index in [2.05, 4.69) is 26.5 Å². The maximum Gasteiger partial charge on any atom is 0.270 e. The molecule has 0 aromatic heterocycles. The molecule has 1 amide bonds. The molecule has 0 saturated carbocycles. The molecule has 1 saturated heterocycles. The minimum Gasteiger partial charge on any atom is -0.378 e. The van der Waals surface area contributed by atoms with Crippen molar-refractivity contribution in [3.8, 4) is 0 Å². The second-order valence-corrected chi connectivity index (χ2v) is 9.96. The number of hydrogen-bond acceptors (Lipinski definition) is 8. The van der Waals surface area contributed by atoms with Crippen LogP contribution in [0.5, 0.6) is 0 Å². The number of non-ortho nitro benzene ring substituents is 1. The van der Waals surface area contributed by atoms with Gasteiger partial charge in [-0.05, 0) is 30.3 Å². The van der Waals surface area contributed by atoms with Gasteiger partial charge in [-0.25, -0.2) is 13.8 Å². The molecule has 2 aromatic rings. The van der Waals surface area contributed by atoms with Crippen LogP contribution in [-0.4, -0.2) is 64.6 Å². The van der Waals surface area contributed by atoms with Crippen molar-refractivity contribution >= 4 is 55.1 Å². The molecule has 1 aliphatic rings. The number of anilines is 2. The molecular formula is C20H22BrN5O6S. The van der Waals surface area contributed by atoms with E-state index in [4.69, 9.17) is 4.74 Å². The van der Waals surface area contributed by atoms with Crippen LogP contribution in [0, 0.1) is 10.1 Å². The van der Waals surface area contributed by atoms with Crippen LogP contribution in [0.3, 0.4) is 0 Å². The summed E-state index contributed by atoms with van der Waals surface area (Å²) >= 11 is 3.28. The third kappa shape index (κ3) is 6.73. The van der Waals surface area contributed by atoms with Crippen LogP contribution in [0.4, 0.5) is 17.1 Å². The van der Waals surface area contributed by atoms with Crippen LogP contribution in [0.15, 0.2) is 52.0 Å². The van der Waals surface area contributed by atoms with Crippen molar-refractivity contribution in [2.24, 2.45) is 5.10 Å². The molecule has 0 atom stereocenters. The number of amides is 1. The molecule has 176 valence electrons. The van der Waals surface area contributed by atoms with Gasteiger partial charge in [-0.3, -0.25) is 19.2 Å². The highest BCUT2D eigenvalue weighted by Gasteiger charge is 2.21. The number of benzene rings is 2. The summed E-state index contributed by atoms with van der Waals surface area (Å²) in [7, 11) is -3.73. The lowest BCUT2D eigenvalue weighted by Crippen LogP contribution is -2.39. The van der Waals surface area contributed by atoms with Crippen LogP contribution in [-0.2, 0) is 19.6 Å². The fraction of sp³-hybridized carbons (Fsp3) is 0.300. The summed E-state index contributed by atoms with van der Waals surface area (Å²) < 4.78 is 31.4. The number of nitrogens with one attached hydrogen (secondary N) is 1. The number of nitro groups is 1. The molecule has 13 heteroatoms. The van der Waals surface area contributed by atoms with Crippen molar-refractivity contribution in [3.05, 3.63) is 62.6 Å². The number of halogens is 1. The van der Waals surface area contributed by atoms with Crippen LogP contribution in [0.1, 0.15) is 5.56 Å². The Morgan fingerprint density at radius 1 is 1.27 bits per heavy atom. The summed E-state index contributed by atoms with van der Waals surface area (Å²) in [4.78, 5) is 25.1. The number of morpholine rings is 1. The lowest BCUT2D eigenvalue weighted by Gasteiger charge is -2.29. The van der Waals surface area contributed by atoms with Crippen molar-refractivity contribution in [2.45, 2.75) is 0 Å². The highest BCUT2D eigenvalue weighted by Crippen LogP contribution is 2.25. The number of sulfonamides is 1. The van der Waals surface area contributed by atoms with Crippen LogP contribution >= 0.6 is 15.9 Å². The standard InChI is InChI=1S/C20H22BrN5O6S/c1-33(30,31)25(17-4-2-16(21)3-5-17)14-20(27)23-22-13-15-12-18(26(28)29)6-7-19(15)24-8-10-32-11-9-24/h2-7,12-13H,8-11,14H2,1H3,(H,23,27)/b22-13-. The first-order chi connectivity index (χ1) is 15.6. The van der Waals surface area contributed by atoms with E-state index in [9.17, 15) is 23.3 Å². The monoisotopic (exact) mass is 539 g/mol. The first-order valence-electron chi connectivity index (χ1n) is 9.81.